The molecule has 2 aromatic heterocycles. The van der Waals surface area contributed by atoms with E-state index in [1.165, 1.54) is 5.69 Å². The number of hydrogen-bond acceptors (Lipinski definition) is 6. The van der Waals surface area contributed by atoms with Gasteiger partial charge in [-0.15, -0.1) is 0 Å². The lowest BCUT2D eigenvalue weighted by Crippen LogP contribution is -2.47. The fourth-order valence-electron chi connectivity index (χ4n) is 4.08. The Labute approximate surface area is 193 Å². The summed E-state index contributed by atoms with van der Waals surface area (Å²) in [6.07, 6.45) is 4.21. The molecule has 3 heterocycles. The number of rotatable bonds is 8. The number of pyridine rings is 1. The Bertz CT molecular complexity index is 1110. The zero-order chi connectivity index (χ0) is 23.0. The van der Waals surface area contributed by atoms with Crippen molar-refractivity contribution in [3.8, 4) is 11.4 Å². The number of aromatic nitrogens is 3. The van der Waals surface area contributed by atoms with E-state index in [4.69, 9.17) is 0 Å². The van der Waals surface area contributed by atoms with Crippen molar-refractivity contribution in [3.05, 3.63) is 76.5 Å². The van der Waals surface area contributed by atoms with Crippen molar-refractivity contribution in [1.29, 1.82) is 0 Å². The van der Waals surface area contributed by atoms with Gasteiger partial charge in [0.05, 0.1) is 6.42 Å². The minimum atomic E-state index is -0.284. The van der Waals surface area contributed by atoms with Crippen molar-refractivity contribution < 1.29 is 4.79 Å². The lowest BCUT2D eigenvalue weighted by atomic mass is 10.1. The van der Waals surface area contributed by atoms with E-state index < -0.39 is 0 Å². The van der Waals surface area contributed by atoms with Crippen molar-refractivity contribution in [3.63, 3.8) is 0 Å². The second kappa shape index (κ2) is 10.9. The molecule has 1 aliphatic heterocycles. The first-order chi connectivity index (χ1) is 16.1. The molecule has 172 valence electrons. The first-order valence-electron chi connectivity index (χ1n) is 11.4. The highest BCUT2D eigenvalue weighted by Crippen LogP contribution is 2.15. The molecule has 0 atom stereocenters. The number of para-hydroxylation sites is 1. The summed E-state index contributed by atoms with van der Waals surface area (Å²) in [4.78, 5) is 41.0. The topological polar surface area (TPSA) is 94.2 Å². The van der Waals surface area contributed by atoms with Crippen molar-refractivity contribution >= 4 is 11.6 Å². The summed E-state index contributed by atoms with van der Waals surface area (Å²) in [7, 11) is 0. The molecular weight excluding hydrogens is 416 g/mol. The highest BCUT2D eigenvalue weighted by molar-refractivity contribution is 5.78. The van der Waals surface area contributed by atoms with Crippen LogP contribution in [0, 0.1) is 6.92 Å². The third-order valence-corrected chi connectivity index (χ3v) is 5.96. The molecule has 0 bridgehead atoms. The molecule has 1 amide bonds. The second-order valence-corrected chi connectivity index (χ2v) is 8.26. The van der Waals surface area contributed by atoms with Gasteiger partial charge in [0.15, 0.2) is 0 Å². The zero-order valence-corrected chi connectivity index (χ0v) is 19.0. The third-order valence-electron chi connectivity index (χ3n) is 5.96. The van der Waals surface area contributed by atoms with E-state index in [1.807, 2.05) is 12.1 Å². The molecule has 33 heavy (non-hydrogen) atoms. The molecule has 1 aliphatic rings. The number of amides is 1. The van der Waals surface area contributed by atoms with Crippen LogP contribution < -0.4 is 15.8 Å². The van der Waals surface area contributed by atoms with Crippen molar-refractivity contribution in [2.24, 2.45) is 0 Å². The molecule has 0 unspecified atom stereocenters. The maximum Gasteiger partial charge on any atom is 0.255 e. The quantitative estimate of drug-likeness (QED) is 0.514. The summed E-state index contributed by atoms with van der Waals surface area (Å²) < 4.78 is 0. The van der Waals surface area contributed by atoms with Crippen LogP contribution in [0.1, 0.15) is 17.7 Å². The Hall–Kier alpha value is -3.52. The number of H-pyrrole nitrogens is 1. The van der Waals surface area contributed by atoms with Crippen LogP contribution in [0.25, 0.3) is 11.4 Å². The van der Waals surface area contributed by atoms with Crippen LogP contribution in [0.3, 0.4) is 0 Å². The fraction of sp³-hybridized carbons (Fsp3) is 0.360. The lowest BCUT2D eigenvalue weighted by Gasteiger charge is -2.36. The lowest BCUT2D eigenvalue weighted by molar-refractivity contribution is -0.120. The molecule has 3 aromatic rings. The summed E-state index contributed by atoms with van der Waals surface area (Å²) in [5, 5.41) is 2.94. The molecule has 1 saturated heterocycles. The van der Waals surface area contributed by atoms with E-state index in [1.54, 1.807) is 25.4 Å². The van der Waals surface area contributed by atoms with Gasteiger partial charge in [0.2, 0.25) is 5.91 Å². The Morgan fingerprint density at radius 3 is 2.58 bits per heavy atom. The van der Waals surface area contributed by atoms with Gasteiger partial charge in [-0.1, -0.05) is 18.2 Å². The van der Waals surface area contributed by atoms with E-state index in [9.17, 15) is 9.59 Å². The average molecular weight is 447 g/mol. The molecule has 2 N–H and O–H groups in total. The van der Waals surface area contributed by atoms with Crippen LogP contribution in [0.4, 0.5) is 5.69 Å². The Balaban J connectivity index is 1.20. The molecule has 1 aromatic carbocycles. The maximum atomic E-state index is 12.5. The van der Waals surface area contributed by atoms with Crippen LogP contribution in [-0.2, 0) is 11.2 Å². The van der Waals surface area contributed by atoms with Gasteiger partial charge in [0.1, 0.15) is 5.82 Å². The maximum absolute atomic E-state index is 12.5. The highest BCUT2D eigenvalue weighted by atomic mass is 16.2. The summed E-state index contributed by atoms with van der Waals surface area (Å²) in [6.45, 7) is 7.37. The standard InChI is InChI=1S/C25H30N6O2/c1-19-22(25(33)29-24(28-19)20-7-5-10-26-18-20)17-23(32)27-11-6-12-30-13-15-31(16-14-30)21-8-3-2-4-9-21/h2-5,7-10,18H,6,11-17H2,1H3,(H,27,32)(H,28,29,33). The number of nitrogens with zero attached hydrogens (tertiary/aromatic N) is 4. The smallest absolute Gasteiger partial charge is 0.255 e. The van der Waals surface area contributed by atoms with E-state index in [-0.39, 0.29) is 17.9 Å². The molecular formula is C25H30N6O2. The Kier molecular flexibility index (Phi) is 7.47. The summed E-state index contributed by atoms with van der Waals surface area (Å²) in [6, 6.07) is 14.1. The average Bonchev–Trinajstić information content (AvgIpc) is 2.85. The number of anilines is 1. The number of hydrogen-bond donors (Lipinski definition) is 2. The summed E-state index contributed by atoms with van der Waals surface area (Å²) in [5.74, 6) is 0.301. The third kappa shape index (κ3) is 6.04. The second-order valence-electron chi connectivity index (χ2n) is 8.26. The van der Waals surface area contributed by atoms with Crippen LogP contribution in [-0.4, -0.2) is 65.0 Å². The number of carbonyl (C=O) groups excluding carboxylic acids is 1. The fourth-order valence-corrected chi connectivity index (χ4v) is 4.08. The molecule has 8 nitrogen and oxygen atoms in total. The van der Waals surface area contributed by atoms with Crippen LogP contribution in [0.5, 0.6) is 0 Å². The van der Waals surface area contributed by atoms with Crippen molar-refractivity contribution in [2.75, 3.05) is 44.2 Å². The number of carbonyl (C=O) groups is 1. The summed E-state index contributed by atoms with van der Waals surface area (Å²) in [5.41, 5.74) is 2.69. The summed E-state index contributed by atoms with van der Waals surface area (Å²) >= 11 is 0. The van der Waals surface area contributed by atoms with Crippen LogP contribution in [0.2, 0.25) is 0 Å². The first-order valence-corrected chi connectivity index (χ1v) is 11.4. The highest BCUT2D eigenvalue weighted by Gasteiger charge is 2.17. The molecule has 8 heteroatoms. The number of nitrogens with one attached hydrogen (secondary N) is 2. The van der Waals surface area contributed by atoms with Crippen LogP contribution in [0.15, 0.2) is 59.7 Å². The predicted octanol–water partition coefficient (Wildman–Crippen LogP) is 2.01. The van der Waals surface area contributed by atoms with Gasteiger partial charge in [0, 0.05) is 67.6 Å². The van der Waals surface area contributed by atoms with E-state index in [0.717, 1.165) is 44.7 Å². The molecule has 0 saturated carbocycles. The van der Waals surface area contributed by atoms with Gasteiger partial charge < -0.3 is 15.2 Å². The minimum absolute atomic E-state index is 0.0250. The van der Waals surface area contributed by atoms with Crippen molar-refractivity contribution in [2.45, 2.75) is 19.8 Å². The van der Waals surface area contributed by atoms with Gasteiger partial charge in [-0.2, -0.15) is 0 Å². The van der Waals surface area contributed by atoms with Crippen molar-refractivity contribution in [1.82, 2.24) is 25.2 Å². The normalized spacial score (nSPS) is 14.3. The van der Waals surface area contributed by atoms with Gasteiger partial charge in [-0.3, -0.25) is 19.5 Å². The number of aryl methyl sites for hydroxylation is 1. The Morgan fingerprint density at radius 1 is 1.09 bits per heavy atom. The van der Waals surface area contributed by atoms with Gasteiger partial charge in [0.25, 0.3) is 5.56 Å². The van der Waals surface area contributed by atoms with Crippen LogP contribution >= 0.6 is 0 Å². The molecule has 0 spiro atoms. The monoisotopic (exact) mass is 446 g/mol. The van der Waals surface area contributed by atoms with Gasteiger partial charge in [-0.25, -0.2) is 4.98 Å². The molecule has 0 radical (unpaired) electrons. The first kappa shape index (κ1) is 22.7. The number of aromatic amines is 1. The SMILES string of the molecule is Cc1nc(-c2cccnc2)[nH]c(=O)c1CC(=O)NCCCN1CCN(c2ccccc2)CC1. The van der Waals surface area contributed by atoms with Gasteiger partial charge >= 0.3 is 0 Å². The largest absolute Gasteiger partial charge is 0.369 e. The molecule has 0 aliphatic carbocycles. The molecule has 1 fully saturated rings. The van der Waals surface area contributed by atoms with E-state index >= 15 is 0 Å². The van der Waals surface area contributed by atoms with E-state index in [0.29, 0.717) is 23.6 Å². The number of piperazine rings is 1. The van der Waals surface area contributed by atoms with Gasteiger partial charge in [-0.05, 0) is 44.2 Å². The number of benzene rings is 1. The minimum Gasteiger partial charge on any atom is -0.369 e. The predicted molar refractivity (Wildman–Crippen MR) is 129 cm³/mol. The Morgan fingerprint density at radius 2 is 1.88 bits per heavy atom. The van der Waals surface area contributed by atoms with E-state index in [2.05, 4.69) is 54.3 Å². The zero-order valence-electron chi connectivity index (χ0n) is 19.0. The molecule has 4 rings (SSSR count).